The van der Waals surface area contributed by atoms with Crippen molar-refractivity contribution in [2.24, 2.45) is 5.92 Å². The molecule has 16 heavy (non-hydrogen) atoms. The molecule has 2 amide bonds. The Bertz CT molecular complexity index is 250. The number of hydrogen-bond donors (Lipinski definition) is 2. The Hall–Kier alpha value is -1.10. The van der Waals surface area contributed by atoms with E-state index in [0.717, 1.165) is 25.7 Å². The lowest BCUT2D eigenvalue weighted by Gasteiger charge is -2.22. The van der Waals surface area contributed by atoms with E-state index >= 15 is 0 Å². The summed E-state index contributed by atoms with van der Waals surface area (Å²) < 4.78 is 0. The SMILES string of the molecule is CONC(=O)[C@H](C)NC(=O)C1CCCCC1. The minimum atomic E-state index is -0.547. The van der Waals surface area contributed by atoms with Crippen LogP contribution in [0.25, 0.3) is 0 Å². The molecule has 1 fully saturated rings. The zero-order chi connectivity index (χ0) is 12.0. The maximum Gasteiger partial charge on any atom is 0.265 e. The second-order valence-corrected chi connectivity index (χ2v) is 4.24. The molecule has 0 heterocycles. The third kappa shape index (κ3) is 3.81. The van der Waals surface area contributed by atoms with E-state index in [1.165, 1.54) is 13.5 Å². The number of hydroxylamine groups is 1. The molecule has 5 nitrogen and oxygen atoms in total. The third-order valence-electron chi connectivity index (χ3n) is 2.93. The van der Waals surface area contributed by atoms with Gasteiger partial charge >= 0.3 is 0 Å². The Morgan fingerprint density at radius 1 is 1.25 bits per heavy atom. The largest absolute Gasteiger partial charge is 0.344 e. The van der Waals surface area contributed by atoms with Crippen molar-refractivity contribution in [2.75, 3.05) is 7.11 Å². The maximum atomic E-state index is 11.8. The summed E-state index contributed by atoms with van der Waals surface area (Å²) in [4.78, 5) is 27.6. The van der Waals surface area contributed by atoms with Gasteiger partial charge in [-0.25, -0.2) is 5.48 Å². The Kier molecular flexibility index (Phi) is 5.25. The fourth-order valence-electron chi connectivity index (χ4n) is 1.95. The minimum Gasteiger partial charge on any atom is -0.344 e. The van der Waals surface area contributed by atoms with Crippen molar-refractivity contribution in [1.29, 1.82) is 0 Å². The van der Waals surface area contributed by atoms with Crippen LogP contribution in [0.5, 0.6) is 0 Å². The fourth-order valence-corrected chi connectivity index (χ4v) is 1.95. The van der Waals surface area contributed by atoms with E-state index < -0.39 is 6.04 Å². The van der Waals surface area contributed by atoms with Crippen molar-refractivity contribution in [3.63, 3.8) is 0 Å². The molecule has 2 N–H and O–H groups in total. The average molecular weight is 228 g/mol. The lowest BCUT2D eigenvalue weighted by molar-refractivity contribution is -0.137. The molecule has 1 aliphatic rings. The van der Waals surface area contributed by atoms with Gasteiger partial charge in [0.15, 0.2) is 0 Å². The summed E-state index contributed by atoms with van der Waals surface area (Å²) in [5.41, 5.74) is 2.20. The number of nitrogens with one attached hydrogen (secondary N) is 2. The van der Waals surface area contributed by atoms with Crippen molar-refractivity contribution < 1.29 is 14.4 Å². The maximum absolute atomic E-state index is 11.8. The number of rotatable bonds is 4. The van der Waals surface area contributed by atoms with Gasteiger partial charge < -0.3 is 5.32 Å². The van der Waals surface area contributed by atoms with Crippen molar-refractivity contribution in [3.8, 4) is 0 Å². The van der Waals surface area contributed by atoms with Crippen molar-refractivity contribution in [2.45, 2.75) is 45.1 Å². The quantitative estimate of drug-likeness (QED) is 0.698. The Morgan fingerprint density at radius 2 is 1.88 bits per heavy atom. The molecule has 0 aliphatic heterocycles. The minimum absolute atomic E-state index is 0.0153. The highest BCUT2D eigenvalue weighted by atomic mass is 16.6. The van der Waals surface area contributed by atoms with Crippen LogP contribution in [-0.2, 0) is 14.4 Å². The zero-order valence-electron chi connectivity index (χ0n) is 9.91. The molecule has 5 heteroatoms. The number of hydrogen-bond acceptors (Lipinski definition) is 3. The second-order valence-electron chi connectivity index (χ2n) is 4.24. The van der Waals surface area contributed by atoms with Gasteiger partial charge in [0.2, 0.25) is 5.91 Å². The van der Waals surface area contributed by atoms with Crippen LogP contribution in [0.3, 0.4) is 0 Å². The first-order valence-corrected chi connectivity index (χ1v) is 5.78. The highest BCUT2D eigenvalue weighted by Gasteiger charge is 2.24. The van der Waals surface area contributed by atoms with Gasteiger partial charge in [-0.05, 0) is 19.8 Å². The molecule has 0 aromatic rings. The van der Waals surface area contributed by atoms with E-state index in [1.54, 1.807) is 6.92 Å². The summed E-state index contributed by atoms with van der Waals surface area (Å²) in [7, 11) is 1.37. The predicted octanol–water partition coefficient (Wildman–Crippen LogP) is 0.749. The monoisotopic (exact) mass is 228 g/mol. The van der Waals surface area contributed by atoms with Crippen LogP contribution in [0, 0.1) is 5.92 Å². The van der Waals surface area contributed by atoms with Gasteiger partial charge in [-0.1, -0.05) is 19.3 Å². The normalized spacial score (nSPS) is 18.9. The van der Waals surface area contributed by atoms with Crippen LogP contribution < -0.4 is 10.8 Å². The highest BCUT2D eigenvalue weighted by Crippen LogP contribution is 2.23. The van der Waals surface area contributed by atoms with E-state index in [4.69, 9.17) is 0 Å². The first-order valence-electron chi connectivity index (χ1n) is 5.78. The summed E-state index contributed by atoms with van der Waals surface area (Å²) >= 11 is 0. The Labute approximate surface area is 95.9 Å². The molecule has 0 unspecified atom stereocenters. The molecule has 1 rings (SSSR count). The summed E-state index contributed by atoms with van der Waals surface area (Å²) in [6.07, 6.45) is 5.30. The van der Waals surface area contributed by atoms with E-state index in [1.807, 2.05) is 0 Å². The molecule has 0 radical (unpaired) electrons. The van der Waals surface area contributed by atoms with Gasteiger partial charge in [0.25, 0.3) is 5.91 Å². The molecule has 0 spiro atoms. The van der Waals surface area contributed by atoms with Crippen LogP contribution in [0.2, 0.25) is 0 Å². The summed E-state index contributed by atoms with van der Waals surface area (Å²) in [5, 5.41) is 2.70. The molecule has 0 aromatic carbocycles. The Morgan fingerprint density at radius 3 is 2.44 bits per heavy atom. The molecule has 1 aliphatic carbocycles. The molecule has 1 saturated carbocycles. The fraction of sp³-hybridized carbons (Fsp3) is 0.818. The predicted molar refractivity (Wildman–Crippen MR) is 59.3 cm³/mol. The topological polar surface area (TPSA) is 67.4 Å². The molecular formula is C11H20N2O3. The van der Waals surface area contributed by atoms with Gasteiger partial charge in [-0.3, -0.25) is 14.4 Å². The van der Waals surface area contributed by atoms with Crippen LogP contribution in [-0.4, -0.2) is 25.0 Å². The zero-order valence-corrected chi connectivity index (χ0v) is 9.91. The van der Waals surface area contributed by atoms with E-state index in [2.05, 4.69) is 15.6 Å². The van der Waals surface area contributed by atoms with Gasteiger partial charge in [0.05, 0.1) is 7.11 Å². The molecule has 0 saturated heterocycles. The van der Waals surface area contributed by atoms with Crippen molar-refractivity contribution >= 4 is 11.8 Å². The van der Waals surface area contributed by atoms with Crippen LogP contribution in [0.1, 0.15) is 39.0 Å². The van der Waals surface area contributed by atoms with Gasteiger partial charge in [0.1, 0.15) is 6.04 Å². The molecule has 0 bridgehead atoms. The Balaban J connectivity index is 2.34. The number of carbonyl (C=O) groups excluding carboxylic acids is 2. The van der Waals surface area contributed by atoms with Crippen LogP contribution in [0.15, 0.2) is 0 Å². The summed E-state index contributed by atoms with van der Waals surface area (Å²) in [6, 6.07) is -0.547. The molecule has 1 atom stereocenters. The number of carbonyl (C=O) groups is 2. The van der Waals surface area contributed by atoms with Gasteiger partial charge in [-0.15, -0.1) is 0 Å². The van der Waals surface area contributed by atoms with E-state index in [-0.39, 0.29) is 17.7 Å². The van der Waals surface area contributed by atoms with E-state index in [9.17, 15) is 9.59 Å². The smallest absolute Gasteiger partial charge is 0.265 e. The lowest BCUT2D eigenvalue weighted by Crippen LogP contribution is -2.46. The highest BCUT2D eigenvalue weighted by molar-refractivity contribution is 5.87. The lowest BCUT2D eigenvalue weighted by atomic mass is 9.88. The third-order valence-corrected chi connectivity index (χ3v) is 2.93. The van der Waals surface area contributed by atoms with Gasteiger partial charge in [-0.2, -0.15) is 0 Å². The molecular weight excluding hydrogens is 208 g/mol. The van der Waals surface area contributed by atoms with Crippen LogP contribution in [0.4, 0.5) is 0 Å². The first-order chi connectivity index (χ1) is 7.65. The first kappa shape index (κ1) is 13.0. The standard InChI is InChI=1S/C11H20N2O3/c1-8(10(14)13-16-2)12-11(15)9-6-4-3-5-7-9/h8-9H,3-7H2,1-2H3,(H,12,15)(H,13,14)/t8-/m0/s1. The summed E-state index contributed by atoms with van der Waals surface area (Å²) in [6.45, 7) is 1.65. The molecule has 0 aromatic heterocycles. The number of amides is 2. The second kappa shape index (κ2) is 6.48. The summed E-state index contributed by atoms with van der Waals surface area (Å²) in [5.74, 6) is -0.267. The van der Waals surface area contributed by atoms with Crippen LogP contribution >= 0.6 is 0 Å². The van der Waals surface area contributed by atoms with Crippen molar-refractivity contribution in [3.05, 3.63) is 0 Å². The van der Waals surface area contributed by atoms with Gasteiger partial charge in [0, 0.05) is 5.92 Å². The van der Waals surface area contributed by atoms with Crippen molar-refractivity contribution in [1.82, 2.24) is 10.8 Å². The van der Waals surface area contributed by atoms with E-state index in [0.29, 0.717) is 0 Å². The molecule has 92 valence electrons. The average Bonchev–Trinajstić information content (AvgIpc) is 2.30.